The van der Waals surface area contributed by atoms with Crippen LogP contribution in [0.2, 0.25) is 0 Å². The van der Waals surface area contributed by atoms with Crippen LogP contribution in [0.3, 0.4) is 0 Å². The molecule has 12 heteroatoms. The second kappa shape index (κ2) is 9.14. The number of ether oxygens (including phenoxy) is 2. The predicted octanol–water partition coefficient (Wildman–Crippen LogP) is 4.71. The number of hydrogen-bond acceptors (Lipinski definition) is 4. The van der Waals surface area contributed by atoms with E-state index in [0.717, 1.165) is 38.5 Å². The van der Waals surface area contributed by atoms with Gasteiger partial charge in [-0.3, -0.25) is 9.59 Å². The third kappa shape index (κ3) is 6.79. The zero-order chi connectivity index (χ0) is 23.4. The quantitative estimate of drug-likeness (QED) is 0.494. The molecule has 0 bridgehead atoms. The molecule has 0 atom stereocenters. The first-order valence-corrected chi connectivity index (χ1v) is 8.44. The topological polar surface area (TPSA) is 76.7 Å². The fourth-order valence-corrected chi connectivity index (χ4v) is 2.46. The van der Waals surface area contributed by atoms with Crippen molar-refractivity contribution in [1.29, 1.82) is 0 Å². The van der Waals surface area contributed by atoms with E-state index in [4.69, 9.17) is 9.47 Å². The summed E-state index contributed by atoms with van der Waals surface area (Å²) < 4.78 is 87.1. The monoisotopic (exact) mass is 450 g/mol. The van der Waals surface area contributed by atoms with Gasteiger partial charge in [0.15, 0.2) is 0 Å². The minimum Gasteiger partial charge on any atom is -0.497 e. The highest BCUT2D eigenvalue weighted by Gasteiger charge is 2.32. The minimum atomic E-state index is -4.70. The lowest BCUT2D eigenvalue weighted by Crippen LogP contribution is -2.22. The summed E-state index contributed by atoms with van der Waals surface area (Å²) in [6, 6.07) is 4.98. The number of nitrogens with one attached hydrogen (secondary N) is 2. The van der Waals surface area contributed by atoms with Crippen LogP contribution >= 0.6 is 0 Å². The zero-order valence-corrected chi connectivity index (χ0v) is 16.1. The van der Waals surface area contributed by atoms with Crippen molar-refractivity contribution < 1.29 is 45.4 Å². The normalized spacial score (nSPS) is 11.6. The molecule has 0 aliphatic heterocycles. The number of benzene rings is 2. The molecule has 0 heterocycles. The van der Waals surface area contributed by atoms with Crippen LogP contribution in [0.5, 0.6) is 11.5 Å². The fourth-order valence-electron chi connectivity index (χ4n) is 2.46. The first-order valence-electron chi connectivity index (χ1n) is 8.44. The highest BCUT2D eigenvalue weighted by molar-refractivity contribution is 6.08. The summed E-state index contributed by atoms with van der Waals surface area (Å²) in [5.74, 6) is -2.33. The van der Waals surface area contributed by atoms with Crippen LogP contribution in [0.1, 0.15) is 17.5 Å². The summed E-state index contributed by atoms with van der Waals surface area (Å²) >= 11 is 0. The maximum absolute atomic E-state index is 12.9. The van der Waals surface area contributed by atoms with Gasteiger partial charge < -0.3 is 20.1 Å². The van der Waals surface area contributed by atoms with E-state index >= 15 is 0 Å². The van der Waals surface area contributed by atoms with Crippen molar-refractivity contribution in [1.82, 2.24) is 0 Å². The summed E-state index contributed by atoms with van der Waals surface area (Å²) in [4.78, 5) is 24.0. The molecule has 2 rings (SSSR count). The number of anilines is 2. The van der Waals surface area contributed by atoms with Crippen LogP contribution in [-0.2, 0) is 21.9 Å². The van der Waals surface area contributed by atoms with Crippen molar-refractivity contribution in [2.45, 2.75) is 18.8 Å². The van der Waals surface area contributed by atoms with Crippen molar-refractivity contribution in [2.24, 2.45) is 0 Å². The number of alkyl halides is 6. The first-order chi connectivity index (χ1) is 14.3. The molecular formula is C19H16F6N2O4. The van der Waals surface area contributed by atoms with E-state index in [0.29, 0.717) is 12.1 Å². The molecule has 2 amide bonds. The number of amides is 2. The van der Waals surface area contributed by atoms with Gasteiger partial charge in [0, 0.05) is 23.5 Å². The number of hydrogen-bond donors (Lipinski definition) is 2. The number of halogens is 6. The molecule has 0 saturated heterocycles. The van der Waals surface area contributed by atoms with Gasteiger partial charge in [-0.1, -0.05) is 0 Å². The van der Waals surface area contributed by atoms with Gasteiger partial charge in [0.25, 0.3) is 0 Å². The van der Waals surface area contributed by atoms with Crippen LogP contribution < -0.4 is 20.1 Å². The zero-order valence-electron chi connectivity index (χ0n) is 16.1. The fraction of sp³-hybridized carbons (Fsp3) is 0.263. The molecule has 2 aromatic carbocycles. The SMILES string of the molecule is COc1cc(NC(=O)CC(=O)Nc2cc(OC)cc(C(F)(F)F)c2)cc(C(F)(F)F)c1. The Morgan fingerprint density at radius 1 is 0.710 bits per heavy atom. The number of methoxy groups -OCH3 is 2. The van der Waals surface area contributed by atoms with E-state index < -0.39 is 41.7 Å². The molecule has 0 fully saturated rings. The molecular weight excluding hydrogens is 434 g/mol. The van der Waals surface area contributed by atoms with Crippen LogP contribution in [0.15, 0.2) is 36.4 Å². The highest BCUT2D eigenvalue weighted by Crippen LogP contribution is 2.35. The molecule has 6 nitrogen and oxygen atoms in total. The number of rotatable bonds is 6. The molecule has 0 aliphatic carbocycles. The second-order valence-corrected chi connectivity index (χ2v) is 6.17. The summed E-state index contributed by atoms with van der Waals surface area (Å²) in [5.41, 5.74) is -2.71. The summed E-state index contributed by atoms with van der Waals surface area (Å²) in [6.45, 7) is 0. The molecule has 0 aliphatic rings. The van der Waals surface area contributed by atoms with E-state index in [1.807, 2.05) is 0 Å². The predicted molar refractivity (Wildman–Crippen MR) is 97.9 cm³/mol. The van der Waals surface area contributed by atoms with Crippen LogP contribution in [-0.4, -0.2) is 26.0 Å². The average molecular weight is 450 g/mol. The molecule has 2 aromatic rings. The van der Waals surface area contributed by atoms with Gasteiger partial charge in [-0.15, -0.1) is 0 Å². The Balaban J connectivity index is 2.11. The van der Waals surface area contributed by atoms with E-state index in [-0.39, 0.29) is 22.9 Å². The van der Waals surface area contributed by atoms with Crippen molar-refractivity contribution in [3.05, 3.63) is 47.5 Å². The molecule has 2 N–H and O–H groups in total. The Hall–Kier alpha value is -3.44. The van der Waals surface area contributed by atoms with Crippen molar-refractivity contribution in [3.8, 4) is 11.5 Å². The van der Waals surface area contributed by atoms with Gasteiger partial charge in [-0.2, -0.15) is 26.3 Å². The first kappa shape index (κ1) is 23.8. The Labute approximate surface area is 172 Å². The van der Waals surface area contributed by atoms with Gasteiger partial charge in [0.1, 0.15) is 17.9 Å². The lowest BCUT2D eigenvalue weighted by Gasteiger charge is -2.13. The summed E-state index contributed by atoms with van der Waals surface area (Å²) in [7, 11) is 2.27. The summed E-state index contributed by atoms with van der Waals surface area (Å²) in [6.07, 6.45) is -10.3. The molecule has 31 heavy (non-hydrogen) atoms. The smallest absolute Gasteiger partial charge is 0.416 e. The number of carbonyl (C=O) groups is 2. The van der Waals surface area contributed by atoms with Gasteiger partial charge >= 0.3 is 12.4 Å². The Morgan fingerprint density at radius 3 is 1.35 bits per heavy atom. The Kier molecular flexibility index (Phi) is 7.03. The third-order valence-electron chi connectivity index (χ3n) is 3.83. The van der Waals surface area contributed by atoms with Crippen LogP contribution in [0.4, 0.5) is 37.7 Å². The van der Waals surface area contributed by atoms with E-state index in [1.165, 1.54) is 0 Å². The molecule has 0 spiro atoms. The molecule has 0 unspecified atom stereocenters. The maximum Gasteiger partial charge on any atom is 0.416 e. The van der Waals surface area contributed by atoms with Crippen molar-refractivity contribution >= 4 is 23.2 Å². The average Bonchev–Trinajstić information content (AvgIpc) is 2.65. The Morgan fingerprint density at radius 2 is 1.06 bits per heavy atom. The standard InChI is InChI=1S/C19H16F6N2O4/c1-30-14-5-10(18(20,21)22)3-12(7-14)26-16(28)9-17(29)27-13-4-11(19(23,24)25)6-15(8-13)31-2/h3-8H,9H2,1-2H3,(H,26,28)(H,27,29). The summed E-state index contributed by atoms with van der Waals surface area (Å²) in [5, 5.41) is 4.24. The third-order valence-corrected chi connectivity index (χ3v) is 3.83. The van der Waals surface area contributed by atoms with E-state index in [2.05, 4.69) is 10.6 Å². The van der Waals surface area contributed by atoms with Crippen LogP contribution in [0, 0.1) is 0 Å². The Bertz CT molecular complexity index is 895. The van der Waals surface area contributed by atoms with Crippen molar-refractivity contribution in [3.63, 3.8) is 0 Å². The van der Waals surface area contributed by atoms with Gasteiger partial charge in [0.2, 0.25) is 11.8 Å². The lowest BCUT2D eigenvalue weighted by molar-refractivity contribution is -0.138. The van der Waals surface area contributed by atoms with E-state index in [9.17, 15) is 35.9 Å². The largest absolute Gasteiger partial charge is 0.497 e. The molecule has 0 radical (unpaired) electrons. The van der Waals surface area contributed by atoms with Crippen LogP contribution in [0.25, 0.3) is 0 Å². The van der Waals surface area contributed by atoms with Gasteiger partial charge in [-0.05, 0) is 24.3 Å². The minimum absolute atomic E-state index is 0.175. The maximum atomic E-state index is 12.9. The van der Waals surface area contributed by atoms with Gasteiger partial charge in [-0.25, -0.2) is 0 Å². The molecule has 0 saturated carbocycles. The van der Waals surface area contributed by atoms with Gasteiger partial charge in [0.05, 0.1) is 25.3 Å². The molecule has 168 valence electrons. The molecule has 0 aromatic heterocycles. The highest BCUT2D eigenvalue weighted by atomic mass is 19.4. The second-order valence-electron chi connectivity index (χ2n) is 6.17. The van der Waals surface area contributed by atoms with Crippen molar-refractivity contribution in [2.75, 3.05) is 24.9 Å². The number of carbonyl (C=O) groups excluding carboxylic acids is 2. The van der Waals surface area contributed by atoms with E-state index in [1.54, 1.807) is 0 Å². The lowest BCUT2D eigenvalue weighted by atomic mass is 10.1.